The van der Waals surface area contributed by atoms with Gasteiger partial charge < -0.3 is 15.7 Å². The van der Waals surface area contributed by atoms with Crippen LogP contribution in [0.25, 0.3) is 0 Å². The Bertz CT molecular complexity index is 499. The number of carbonyl (C=O) groups excluding carboxylic acids is 1. The number of hydrogen-bond donors (Lipinski definition) is 3. The number of urea groups is 1. The number of carboxylic acid groups (broad SMARTS) is 1. The molecular formula is C13H15ClN2O3. The molecule has 3 N–H and O–H groups in total. The summed E-state index contributed by atoms with van der Waals surface area (Å²) < 4.78 is 0. The summed E-state index contributed by atoms with van der Waals surface area (Å²) in [5, 5.41) is 14.6. The summed E-state index contributed by atoms with van der Waals surface area (Å²) in [6, 6.07) is 4.04. The van der Waals surface area contributed by atoms with E-state index in [0.29, 0.717) is 10.7 Å². The molecule has 1 aliphatic rings. The molecule has 0 heterocycles. The average molecular weight is 283 g/mol. The minimum absolute atomic E-state index is 0.0839. The molecule has 1 aromatic rings. The Labute approximate surface area is 116 Å². The summed E-state index contributed by atoms with van der Waals surface area (Å²) in [6.45, 7) is 0. The number of rotatable bonds is 3. The van der Waals surface area contributed by atoms with Gasteiger partial charge in [-0.15, -0.1) is 0 Å². The van der Waals surface area contributed by atoms with E-state index in [4.69, 9.17) is 16.7 Å². The standard InChI is InChI=1S/C13H15ClN2O3/c14-10-6-5-8(12(17)18)7-11(10)16-13(19)15-9-3-1-2-4-9/h5-7,9H,1-4H2,(H,17,18)(H2,15,16,19). The maximum atomic E-state index is 11.8. The number of carboxylic acids is 1. The van der Waals surface area contributed by atoms with Gasteiger partial charge in [0.2, 0.25) is 0 Å². The van der Waals surface area contributed by atoms with E-state index in [1.54, 1.807) is 0 Å². The van der Waals surface area contributed by atoms with Gasteiger partial charge in [0.1, 0.15) is 0 Å². The van der Waals surface area contributed by atoms with E-state index in [1.165, 1.54) is 18.2 Å². The monoisotopic (exact) mass is 282 g/mol. The van der Waals surface area contributed by atoms with E-state index in [2.05, 4.69) is 10.6 Å². The van der Waals surface area contributed by atoms with Crippen LogP contribution in [-0.4, -0.2) is 23.1 Å². The number of nitrogens with one attached hydrogen (secondary N) is 2. The molecular weight excluding hydrogens is 268 g/mol. The van der Waals surface area contributed by atoms with Crippen LogP contribution in [0.2, 0.25) is 5.02 Å². The van der Waals surface area contributed by atoms with Crippen molar-refractivity contribution in [2.24, 2.45) is 0 Å². The summed E-state index contributed by atoms with van der Waals surface area (Å²) in [5.41, 5.74) is 0.387. The maximum absolute atomic E-state index is 11.8. The van der Waals surface area contributed by atoms with Crippen molar-refractivity contribution < 1.29 is 14.7 Å². The summed E-state index contributed by atoms with van der Waals surface area (Å²) in [5.74, 6) is -1.06. The molecule has 102 valence electrons. The third-order valence-electron chi connectivity index (χ3n) is 3.15. The number of benzene rings is 1. The zero-order valence-electron chi connectivity index (χ0n) is 10.3. The van der Waals surface area contributed by atoms with Crippen molar-refractivity contribution in [2.45, 2.75) is 31.7 Å². The molecule has 1 saturated carbocycles. The highest BCUT2D eigenvalue weighted by molar-refractivity contribution is 6.33. The predicted molar refractivity (Wildman–Crippen MR) is 72.8 cm³/mol. The van der Waals surface area contributed by atoms with Gasteiger partial charge in [-0.3, -0.25) is 0 Å². The molecule has 6 heteroatoms. The molecule has 1 fully saturated rings. The topological polar surface area (TPSA) is 78.4 Å². The van der Waals surface area contributed by atoms with Crippen LogP contribution in [0.4, 0.5) is 10.5 Å². The van der Waals surface area contributed by atoms with E-state index >= 15 is 0 Å². The van der Waals surface area contributed by atoms with E-state index in [0.717, 1.165) is 25.7 Å². The van der Waals surface area contributed by atoms with Crippen molar-refractivity contribution in [1.82, 2.24) is 5.32 Å². The molecule has 0 bridgehead atoms. The summed E-state index contributed by atoms with van der Waals surface area (Å²) in [4.78, 5) is 22.6. The molecule has 0 radical (unpaired) electrons. The fraction of sp³-hybridized carbons (Fsp3) is 0.385. The predicted octanol–water partition coefficient (Wildman–Crippen LogP) is 3.10. The third-order valence-corrected chi connectivity index (χ3v) is 3.48. The fourth-order valence-corrected chi connectivity index (χ4v) is 2.33. The lowest BCUT2D eigenvalue weighted by Gasteiger charge is -2.14. The van der Waals surface area contributed by atoms with Gasteiger partial charge in [-0.05, 0) is 31.0 Å². The van der Waals surface area contributed by atoms with Crippen LogP contribution in [0.3, 0.4) is 0 Å². The molecule has 0 atom stereocenters. The number of aromatic carboxylic acids is 1. The highest BCUT2D eigenvalue weighted by Crippen LogP contribution is 2.23. The summed E-state index contributed by atoms with van der Waals surface area (Å²) in [6.07, 6.45) is 4.22. The first kappa shape index (κ1) is 13.7. The molecule has 0 spiro atoms. The Morgan fingerprint density at radius 1 is 1.26 bits per heavy atom. The smallest absolute Gasteiger partial charge is 0.335 e. The number of halogens is 1. The Balaban J connectivity index is 2.02. The largest absolute Gasteiger partial charge is 0.478 e. The van der Waals surface area contributed by atoms with Gasteiger partial charge in [0, 0.05) is 6.04 Å². The first-order valence-electron chi connectivity index (χ1n) is 6.16. The molecule has 0 aromatic heterocycles. The van der Waals surface area contributed by atoms with Crippen LogP contribution >= 0.6 is 11.6 Å². The van der Waals surface area contributed by atoms with Gasteiger partial charge in [0.25, 0.3) is 0 Å². The fourth-order valence-electron chi connectivity index (χ4n) is 2.17. The second kappa shape index (κ2) is 5.93. The SMILES string of the molecule is O=C(Nc1cc(C(=O)O)ccc1Cl)NC1CCCC1. The highest BCUT2D eigenvalue weighted by Gasteiger charge is 2.17. The Hall–Kier alpha value is -1.75. The zero-order chi connectivity index (χ0) is 13.8. The molecule has 1 aromatic carbocycles. The van der Waals surface area contributed by atoms with Crippen LogP contribution in [0, 0.1) is 0 Å². The second-order valence-corrected chi connectivity index (χ2v) is 4.99. The third kappa shape index (κ3) is 3.61. The first-order chi connectivity index (χ1) is 9.06. The average Bonchev–Trinajstić information content (AvgIpc) is 2.84. The van der Waals surface area contributed by atoms with Crippen molar-refractivity contribution in [1.29, 1.82) is 0 Å². The van der Waals surface area contributed by atoms with Gasteiger partial charge in [-0.25, -0.2) is 9.59 Å². The minimum Gasteiger partial charge on any atom is -0.478 e. The number of anilines is 1. The van der Waals surface area contributed by atoms with E-state index in [9.17, 15) is 9.59 Å². The molecule has 1 aliphatic carbocycles. The Kier molecular flexibility index (Phi) is 4.27. The molecule has 19 heavy (non-hydrogen) atoms. The Morgan fingerprint density at radius 2 is 1.95 bits per heavy atom. The minimum atomic E-state index is -1.06. The van der Waals surface area contributed by atoms with E-state index in [1.807, 2.05) is 0 Å². The van der Waals surface area contributed by atoms with Crippen molar-refractivity contribution in [2.75, 3.05) is 5.32 Å². The van der Waals surface area contributed by atoms with Gasteiger partial charge >= 0.3 is 12.0 Å². The summed E-state index contributed by atoms with van der Waals surface area (Å²) >= 11 is 5.93. The second-order valence-electron chi connectivity index (χ2n) is 4.58. The highest BCUT2D eigenvalue weighted by atomic mass is 35.5. The Morgan fingerprint density at radius 3 is 2.58 bits per heavy atom. The maximum Gasteiger partial charge on any atom is 0.335 e. The van der Waals surface area contributed by atoms with Crippen LogP contribution in [0.15, 0.2) is 18.2 Å². The van der Waals surface area contributed by atoms with Gasteiger partial charge in [0.05, 0.1) is 16.3 Å². The van der Waals surface area contributed by atoms with Crippen molar-refractivity contribution in [3.05, 3.63) is 28.8 Å². The van der Waals surface area contributed by atoms with Crippen molar-refractivity contribution >= 4 is 29.3 Å². The van der Waals surface area contributed by atoms with Crippen LogP contribution in [0.5, 0.6) is 0 Å². The van der Waals surface area contributed by atoms with E-state index < -0.39 is 5.97 Å². The van der Waals surface area contributed by atoms with Crippen molar-refractivity contribution in [3.63, 3.8) is 0 Å². The lowest BCUT2D eigenvalue weighted by atomic mass is 10.2. The zero-order valence-corrected chi connectivity index (χ0v) is 11.0. The summed E-state index contributed by atoms with van der Waals surface area (Å²) in [7, 11) is 0. The normalized spacial score (nSPS) is 15.2. The molecule has 0 saturated heterocycles. The van der Waals surface area contributed by atoms with Gasteiger partial charge in [0.15, 0.2) is 0 Å². The molecule has 0 unspecified atom stereocenters. The van der Waals surface area contributed by atoms with Crippen LogP contribution < -0.4 is 10.6 Å². The molecule has 2 amide bonds. The van der Waals surface area contributed by atoms with Crippen LogP contribution in [-0.2, 0) is 0 Å². The number of hydrogen-bond acceptors (Lipinski definition) is 2. The van der Waals surface area contributed by atoms with Crippen molar-refractivity contribution in [3.8, 4) is 0 Å². The van der Waals surface area contributed by atoms with Gasteiger partial charge in [-0.2, -0.15) is 0 Å². The molecule has 0 aliphatic heterocycles. The van der Waals surface area contributed by atoms with Crippen LogP contribution in [0.1, 0.15) is 36.0 Å². The quantitative estimate of drug-likeness (QED) is 0.797. The molecule has 5 nitrogen and oxygen atoms in total. The van der Waals surface area contributed by atoms with Gasteiger partial charge in [-0.1, -0.05) is 24.4 Å². The lowest BCUT2D eigenvalue weighted by molar-refractivity contribution is 0.0697. The number of amides is 2. The van der Waals surface area contributed by atoms with E-state index in [-0.39, 0.29) is 17.6 Å². The first-order valence-corrected chi connectivity index (χ1v) is 6.54. The number of carbonyl (C=O) groups is 2. The lowest BCUT2D eigenvalue weighted by Crippen LogP contribution is -2.36. The molecule has 2 rings (SSSR count).